The van der Waals surface area contributed by atoms with Gasteiger partial charge >= 0.3 is 0 Å². The zero-order valence-corrected chi connectivity index (χ0v) is 11.1. The molecule has 0 spiro atoms. The molecule has 0 radical (unpaired) electrons. The van der Waals surface area contributed by atoms with Gasteiger partial charge in [-0.2, -0.15) is 0 Å². The van der Waals surface area contributed by atoms with E-state index in [-0.39, 0.29) is 18.1 Å². The number of ether oxygens (including phenoxy) is 1. The minimum Gasteiger partial charge on any atom is -0.397 e. The number of hydrogen-bond acceptors (Lipinski definition) is 3. The molecule has 1 aromatic heterocycles. The zero-order chi connectivity index (χ0) is 13.7. The van der Waals surface area contributed by atoms with E-state index in [1.807, 2.05) is 29.2 Å². The number of amides is 1. The summed E-state index contributed by atoms with van der Waals surface area (Å²) in [5, 5.41) is 0.976. The molecule has 3 N–H and O–H groups in total. The standard InChI is InChI=1S/C15H17N3O2/c16-12-3-1-2-9-6-13(17-14(9)12)15(19)18-7-10-4-5-11(8-18)20-10/h1-3,6,10-11,17H,4-5,7-8,16H2. The van der Waals surface area contributed by atoms with Gasteiger partial charge < -0.3 is 20.4 Å². The fourth-order valence-electron chi connectivity index (χ4n) is 3.25. The number of nitrogens with zero attached hydrogens (tertiary/aromatic N) is 1. The van der Waals surface area contributed by atoms with Crippen LogP contribution in [0.1, 0.15) is 23.3 Å². The van der Waals surface area contributed by atoms with Crippen LogP contribution < -0.4 is 5.73 Å². The third-order valence-corrected chi connectivity index (χ3v) is 4.25. The highest BCUT2D eigenvalue weighted by Crippen LogP contribution is 2.28. The Morgan fingerprint density at radius 2 is 2.05 bits per heavy atom. The van der Waals surface area contributed by atoms with Gasteiger partial charge in [-0.1, -0.05) is 12.1 Å². The summed E-state index contributed by atoms with van der Waals surface area (Å²) in [5.74, 6) is 0.0424. The third-order valence-electron chi connectivity index (χ3n) is 4.25. The number of H-pyrrole nitrogens is 1. The molecular weight excluding hydrogens is 254 g/mol. The molecule has 2 saturated heterocycles. The third kappa shape index (κ3) is 1.78. The Morgan fingerprint density at radius 3 is 2.75 bits per heavy atom. The molecule has 2 bridgehead atoms. The smallest absolute Gasteiger partial charge is 0.270 e. The lowest BCUT2D eigenvalue weighted by Gasteiger charge is -2.31. The fraction of sp³-hybridized carbons (Fsp3) is 0.400. The molecule has 0 aliphatic carbocycles. The number of morpholine rings is 1. The summed E-state index contributed by atoms with van der Waals surface area (Å²) < 4.78 is 5.77. The van der Waals surface area contributed by atoms with Crippen LogP contribution in [0.25, 0.3) is 10.9 Å². The summed E-state index contributed by atoms with van der Waals surface area (Å²) in [5.41, 5.74) is 8.05. The second kappa shape index (κ2) is 4.24. The van der Waals surface area contributed by atoms with Crippen molar-refractivity contribution in [2.75, 3.05) is 18.8 Å². The molecule has 5 nitrogen and oxygen atoms in total. The maximum Gasteiger partial charge on any atom is 0.270 e. The van der Waals surface area contributed by atoms with Crippen molar-refractivity contribution in [2.24, 2.45) is 0 Å². The maximum atomic E-state index is 12.6. The topological polar surface area (TPSA) is 71.3 Å². The molecule has 2 fully saturated rings. The molecule has 20 heavy (non-hydrogen) atoms. The van der Waals surface area contributed by atoms with Gasteiger partial charge in [-0.25, -0.2) is 0 Å². The Hall–Kier alpha value is -2.01. The molecular formula is C15H17N3O2. The Labute approximate surface area is 116 Å². The summed E-state index contributed by atoms with van der Waals surface area (Å²) in [6.07, 6.45) is 2.56. The van der Waals surface area contributed by atoms with Crippen molar-refractivity contribution in [1.29, 1.82) is 0 Å². The van der Waals surface area contributed by atoms with E-state index < -0.39 is 0 Å². The van der Waals surface area contributed by atoms with E-state index in [1.165, 1.54) is 0 Å². The van der Waals surface area contributed by atoms with Gasteiger partial charge in [0.1, 0.15) is 5.69 Å². The molecule has 5 heteroatoms. The lowest BCUT2D eigenvalue weighted by Crippen LogP contribution is -2.45. The first-order valence-electron chi connectivity index (χ1n) is 7.02. The van der Waals surface area contributed by atoms with Gasteiger partial charge in [-0.05, 0) is 25.0 Å². The van der Waals surface area contributed by atoms with E-state index in [4.69, 9.17) is 10.5 Å². The van der Waals surface area contributed by atoms with Crippen LogP contribution in [-0.4, -0.2) is 41.1 Å². The van der Waals surface area contributed by atoms with Crippen LogP contribution in [0, 0.1) is 0 Å². The molecule has 1 amide bonds. The van der Waals surface area contributed by atoms with Crippen LogP contribution in [0.5, 0.6) is 0 Å². The first kappa shape index (κ1) is 11.8. The Morgan fingerprint density at radius 1 is 1.30 bits per heavy atom. The van der Waals surface area contributed by atoms with Crippen LogP contribution >= 0.6 is 0 Å². The number of nitrogen functional groups attached to an aromatic ring is 1. The normalized spacial score (nSPS) is 25.3. The van der Waals surface area contributed by atoms with Crippen LogP contribution in [0.15, 0.2) is 24.3 Å². The number of carbonyl (C=O) groups excluding carboxylic acids is 1. The molecule has 2 aliphatic rings. The molecule has 3 heterocycles. The largest absolute Gasteiger partial charge is 0.397 e. The van der Waals surface area contributed by atoms with Crippen molar-refractivity contribution < 1.29 is 9.53 Å². The number of nitrogens with one attached hydrogen (secondary N) is 1. The minimum atomic E-state index is 0.0424. The Kier molecular flexibility index (Phi) is 2.50. The highest BCUT2D eigenvalue weighted by Gasteiger charge is 2.36. The van der Waals surface area contributed by atoms with Crippen LogP contribution in [-0.2, 0) is 4.74 Å². The van der Waals surface area contributed by atoms with Crippen LogP contribution in [0.2, 0.25) is 0 Å². The lowest BCUT2D eigenvalue weighted by molar-refractivity contribution is -0.0305. The van der Waals surface area contributed by atoms with Crippen molar-refractivity contribution >= 4 is 22.5 Å². The number of rotatable bonds is 1. The molecule has 104 valence electrons. The predicted octanol–water partition coefficient (Wildman–Crippen LogP) is 1.75. The molecule has 2 aliphatic heterocycles. The van der Waals surface area contributed by atoms with Gasteiger partial charge in [-0.3, -0.25) is 4.79 Å². The summed E-state index contributed by atoms with van der Waals surface area (Å²) in [6.45, 7) is 1.39. The first-order valence-corrected chi connectivity index (χ1v) is 7.02. The van der Waals surface area contributed by atoms with E-state index >= 15 is 0 Å². The second-order valence-electron chi connectivity index (χ2n) is 5.66. The number of carbonyl (C=O) groups is 1. The van der Waals surface area contributed by atoms with Crippen LogP contribution in [0.4, 0.5) is 5.69 Å². The minimum absolute atomic E-state index is 0.0424. The van der Waals surface area contributed by atoms with E-state index in [0.717, 1.165) is 23.7 Å². The molecule has 2 aromatic rings. The highest BCUT2D eigenvalue weighted by atomic mass is 16.5. The van der Waals surface area contributed by atoms with E-state index in [1.54, 1.807) is 0 Å². The van der Waals surface area contributed by atoms with Gasteiger partial charge in [0.2, 0.25) is 0 Å². The van der Waals surface area contributed by atoms with Gasteiger partial charge in [0.05, 0.1) is 23.4 Å². The van der Waals surface area contributed by atoms with E-state index in [9.17, 15) is 4.79 Å². The van der Waals surface area contributed by atoms with Crippen molar-refractivity contribution in [1.82, 2.24) is 9.88 Å². The number of aromatic amines is 1. The van der Waals surface area contributed by atoms with E-state index in [0.29, 0.717) is 24.5 Å². The monoisotopic (exact) mass is 271 g/mol. The number of aromatic nitrogens is 1. The number of para-hydroxylation sites is 1. The summed E-state index contributed by atoms with van der Waals surface area (Å²) in [6, 6.07) is 7.57. The molecule has 1 aromatic carbocycles. The predicted molar refractivity (Wildman–Crippen MR) is 76.5 cm³/mol. The summed E-state index contributed by atoms with van der Waals surface area (Å²) >= 11 is 0. The van der Waals surface area contributed by atoms with Crippen molar-refractivity contribution in [3.8, 4) is 0 Å². The SMILES string of the molecule is Nc1cccc2cc(C(=O)N3CC4CCC(C3)O4)[nH]c12. The van der Waals surface area contributed by atoms with Gasteiger partial charge in [0, 0.05) is 18.5 Å². The first-order chi connectivity index (χ1) is 9.70. The quantitative estimate of drug-likeness (QED) is 0.776. The Bertz CT molecular complexity index is 667. The van der Waals surface area contributed by atoms with Gasteiger partial charge in [0.15, 0.2) is 0 Å². The average molecular weight is 271 g/mol. The number of likely N-dealkylation sites (tertiary alicyclic amines) is 1. The number of fused-ring (bicyclic) bond motifs is 3. The molecule has 0 saturated carbocycles. The Balaban J connectivity index is 1.65. The zero-order valence-electron chi connectivity index (χ0n) is 11.1. The second-order valence-corrected chi connectivity index (χ2v) is 5.66. The average Bonchev–Trinajstić information content (AvgIpc) is 3.02. The van der Waals surface area contributed by atoms with E-state index in [2.05, 4.69) is 4.98 Å². The summed E-state index contributed by atoms with van der Waals surface area (Å²) in [7, 11) is 0. The molecule has 2 unspecified atom stereocenters. The van der Waals surface area contributed by atoms with Crippen molar-refractivity contribution in [3.63, 3.8) is 0 Å². The lowest BCUT2D eigenvalue weighted by atomic mass is 10.2. The highest BCUT2D eigenvalue weighted by molar-refractivity contribution is 6.00. The van der Waals surface area contributed by atoms with Crippen molar-refractivity contribution in [3.05, 3.63) is 30.0 Å². The number of anilines is 1. The molecule has 4 rings (SSSR count). The summed E-state index contributed by atoms with van der Waals surface area (Å²) in [4.78, 5) is 17.6. The fourth-order valence-corrected chi connectivity index (χ4v) is 3.25. The number of nitrogens with two attached hydrogens (primary N) is 1. The van der Waals surface area contributed by atoms with Crippen LogP contribution in [0.3, 0.4) is 0 Å². The van der Waals surface area contributed by atoms with Gasteiger partial charge in [0.25, 0.3) is 5.91 Å². The van der Waals surface area contributed by atoms with Gasteiger partial charge in [-0.15, -0.1) is 0 Å². The number of benzene rings is 1. The number of hydrogen-bond donors (Lipinski definition) is 2. The molecule has 2 atom stereocenters. The van der Waals surface area contributed by atoms with Crippen molar-refractivity contribution in [2.45, 2.75) is 25.0 Å². The maximum absolute atomic E-state index is 12.6.